The summed E-state index contributed by atoms with van der Waals surface area (Å²) in [6.07, 6.45) is 0.328. The number of aryl methyl sites for hydroxylation is 1. The Kier molecular flexibility index (Phi) is 3.58. The maximum atomic E-state index is 13.1. The smallest absolute Gasteiger partial charge is 0.309 e. The lowest BCUT2D eigenvalue weighted by Gasteiger charge is -2.20. The Balaban J connectivity index is 3.07. The van der Waals surface area contributed by atoms with Crippen molar-refractivity contribution in [1.29, 1.82) is 0 Å². The third-order valence-corrected chi connectivity index (χ3v) is 2.88. The molecule has 1 aromatic carbocycles. The van der Waals surface area contributed by atoms with Crippen LogP contribution in [0.5, 0.6) is 0 Å². The van der Waals surface area contributed by atoms with Crippen LogP contribution in [-0.2, 0) is 11.2 Å². The number of hydrogen-bond donors (Lipinski definition) is 1. The van der Waals surface area contributed by atoms with E-state index in [0.29, 0.717) is 6.42 Å². The van der Waals surface area contributed by atoms with Gasteiger partial charge in [-0.25, -0.2) is 4.39 Å². The molecular formula is C12H14ClFO2. The molecule has 0 heterocycles. The molecule has 0 aromatic heterocycles. The summed E-state index contributed by atoms with van der Waals surface area (Å²) in [7, 11) is 0. The van der Waals surface area contributed by atoms with Crippen molar-refractivity contribution in [3.63, 3.8) is 0 Å². The van der Waals surface area contributed by atoms with Gasteiger partial charge in [0.25, 0.3) is 0 Å². The predicted octanol–water partition coefficient (Wildman–Crippen LogP) is 3.44. The number of aliphatic carboxylic acids is 1. The number of benzene rings is 1. The number of rotatable bonds is 3. The normalized spacial score (nSPS) is 11.6. The fraction of sp³-hybridized carbons (Fsp3) is 0.417. The number of halogens is 2. The summed E-state index contributed by atoms with van der Waals surface area (Å²) in [6, 6.07) is 2.83. The van der Waals surface area contributed by atoms with E-state index in [2.05, 4.69) is 0 Å². The van der Waals surface area contributed by atoms with Gasteiger partial charge in [0.2, 0.25) is 0 Å². The van der Waals surface area contributed by atoms with Gasteiger partial charge >= 0.3 is 5.97 Å². The van der Waals surface area contributed by atoms with Crippen molar-refractivity contribution >= 4 is 17.6 Å². The molecule has 0 amide bonds. The SMILES string of the molecule is Cc1cc(F)c(Cl)cc1CC(C)(C)C(=O)O. The van der Waals surface area contributed by atoms with Crippen LogP contribution in [0.3, 0.4) is 0 Å². The van der Waals surface area contributed by atoms with Crippen molar-refractivity contribution in [3.8, 4) is 0 Å². The van der Waals surface area contributed by atoms with Crippen molar-refractivity contribution in [3.05, 3.63) is 34.1 Å². The highest BCUT2D eigenvalue weighted by Gasteiger charge is 2.28. The molecule has 0 aliphatic rings. The summed E-state index contributed by atoms with van der Waals surface area (Å²) in [4.78, 5) is 11.0. The van der Waals surface area contributed by atoms with Crippen LogP contribution in [0.25, 0.3) is 0 Å². The minimum atomic E-state index is -0.883. The number of carbonyl (C=O) groups is 1. The van der Waals surface area contributed by atoms with Gasteiger partial charge < -0.3 is 5.11 Å². The molecule has 16 heavy (non-hydrogen) atoms. The molecule has 0 unspecified atom stereocenters. The number of hydrogen-bond acceptors (Lipinski definition) is 1. The largest absolute Gasteiger partial charge is 0.481 e. The van der Waals surface area contributed by atoms with Crippen molar-refractivity contribution in [2.24, 2.45) is 5.41 Å². The zero-order chi connectivity index (χ0) is 12.5. The lowest BCUT2D eigenvalue weighted by atomic mass is 9.84. The summed E-state index contributed by atoms with van der Waals surface area (Å²) in [5, 5.41) is 9.04. The molecule has 0 bridgehead atoms. The fourth-order valence-electron chi connectivity index (χ4n) is 1.43. The van der Waals surface area contributed by atoms with Crippen LogP contribution < -0.4 is 0 Å². The van der Waals surface area contributed by atoms with Gasteiger partial charge in [-0.3, -0.25) is 4.79 Å². The average molecular weight is 245 g/mol. The van der Waals surface area contributed by atoms with Crippen LogP contribution in [0, 0.1) is 18.2 Å². The topological polar surface area (TPSA) is 37.3 Å². The molecule has 1 rings (SSSR count). The third-order valence-electron chi connectivity index (χ3n) is 2.59. The Bertz CT molecular complexity index is 427. The first-order valence-corrected chi connectivity index (χ1v) is 5.30. The second kappa shape index (κ2) is 4.42. The first-order valence-electron chi connectivity index (χ1n) is 4.92. The molecule has 88 valence electrons. The molecule has 4 heteroatoms. The Morgan fingerprint density at radius 3 is 2.56 bits per heavy atom. The zero-order valence-corrected chi connectivity index (χ0v) is 10.2. The maximum Gasteiger partial charge on any atom is 0.309 e. The van der Waals surface area contributed by atoms with E-state index in [9.17, 15) is 9.18 Å². The highest BCUT2D eigenvalue weighted by Crippen LogP contribution is 2.27. The number of carboxylic acid groups (broad SMARTS) is 1. The molecule has 0 aliphatic heterocycles. The lowest BCUT2D eigenvalue weighted by Crippen LogP contribution is -2.26. The first-order chi connectivity index (χ1) is 7.24. The second-order valence-electron chi connectivity index (χ2n) is 4.56. The standard InChI is InChI=1S/C12H14ClFO2/c1-7-4-10(14)9(13)5-8(7)6-12(2,3)11(15)16/h4-5H,6H2,1-3H3,(H,15,16). The van der Waals surface area contributed by atoms with E-state index < -0.39 is 17.2 Å². The minimum absolute atomic E-state index is 0.0294. The molecule has 1 aromatic rings. The Morgan fingerprint density at radius 2 is 2.06 bits per heavy atom. The van der Waals surface area contributed by atoms with Gasteiger partial charge in [-0.15, -0.1) is 0 Å². The molecule has 2 nitrogen and oxygen atoms in total. The van der Waals surface area contributed by atoms with Crippen molar-refractivity contribution in [2.75, 3.05) is 0 Å². The van der Waals surface area contributed by atoms with Crippen LogP contribution in [-0.4, -0.2) is 11.1 Å². The van der Waals surface area contributed by atoms with E-state index >= 15 is 0 Å². The monoisotopic (exact) mass is 244 g/mol. The molecule has 0 radical (unpaired) electrons. The number of carboxylic acids is 1. The third kappa shape index (κ3) is 2.73. The summed E-state index contributed by atoms with van der Waals surface area (Å²) in [5.74, 6) is -1.36. The van der Waals surface area contributed by atoms with Gasteiger partial charge in [-0.2, -0.15) is 0 Å². The molecule has 0 saturated heterocycles. The van der Waals surface area contributed by atoms with Crippen molar-refractivity contribution in [2.45, 2.75) is 27.2 Å². The molecule has 0 spiro atoms. The van der Waals surface area contributed by atoms with Gasteiger partial charge in [0.1, 0.15) is 5.82 Å². The van der Waals surface area contributed by atoms with Gasteiger partial charge in [0.05, 0.1) is 10.4 Å². The Hall–Kier alpha value is -1.09. The molecule has 1 N–H and O–H groups in total. The van der Waals surface area contributed by atoms with E-state index in [4.69, 9.17) is 16.7 Å². The predicted molar refractivity (Wildman–Crippen MR) is 61.3 cm³/mol. The van der Waals surface area contributed by atoms with Gasteiger partial charge in [-0.1, -0.05) is 11.6 Å². The molecular weight excluding hydrogens is 231 g/mol. The highest BCUT2D eigenvalue weighted by molar-refractivity contribution is 6.30. The lowest BCUT2D eigenvalue weighted by molar-refractivity contribution is -0.146. The maximum absolute atomic E-state index is 13.1. The average Bonchev–Trinajstić information content (AvgIpc) is 2.13. The second-order valence-corrected chi connectivity index (χ2v) is 4.97. The molecule has 0 atom stereocenters. The van der Waals surface area contributed by atoms with E-state index in [1.54, 1.807) is 20.8 Å². The summed E-state index contributed by atoms with van der Waals surface area (Å²) >= 11 is 5.67. The first kappa shape index (κ1) is 13.0. The molecule has 0 fully saturated rings. The van der Waals surface area contributed by atoms with Gasteiger partial charge in [0, 0.05) is 0 Å². The van der Waals surface area contributed by atoms with E-state index in [1.165, 1.54) is 12.1 Å². The van der Waals surface area contributed by atoms with Gasteiger partial charge in [0.15, 0.2) is 0 Å². The minimum Gasteiger partial charge on any atom is -0.481 e. The van der Waals surface area contributed by atoms with Crippen molar-refractivity contribution < 1.29 is 14.3 Å². The Labute approximate surface area is 99.0 Å². The Morgan fingerprint density at radius 1 is 1.50 bits per heavy atom. The van der Waals surface area contributed by atoms with E-state index in [1.807, 2.05) is 0 Å². The summed E-state index contributed by atoms with van der Waals surface area (Å²) < 4.78 is 13.1. The quantitative estimate of drug-likeness (QED) is 0.884. The molecule has 0 saturated carbocycles. The van der Waals surface area contributed by atoms with Crippen LogP contribution >= 0.6 is 11.6 Å². The van der Waals surface area contributed by atoms with Crippen LogP contribution in [0.2, 0.25) is 5.02 Å². The van der Waals surface area contributed by atoms with Crippen molar-refractivity contribution in [1.82, 2.24) is 0 Å². The fourth-order valence-corrected chi connectivity index (χ4v) is 1.62. The van der Waals surface area contributed by atoms with Crippen LogP contribution in [0.15, 0.2) is 12.1 Å². The van der Waals surface area contributed by atoms with Crippen LogP contribution in [0.1, 0.15) is 25.0 Å². The van der Waals surface area contributed by atoms with Crippen LogP contribution in [0.4, 0.5) is 4.39 Å². The summed E-state index contributed by atoms with van der Waals surface area (Å²) in [5.41, 5.74) is 0.598. The highest BCUT2D eigenvalue weighted by atomic mass is 35.5. The van der Waals surface area contributed by atoms with Gasteiger partial charge in [-0.05, 0) is 50.5 Å². The molecule has 0 aliphatic carbocycles. The summed E-state index contributed by atoms with van der Waals surface area (Å²) in [6.45, 7) is 5.00. The zero-order valence-electron chi connectivity index (χ0n) is 9.47. The van der Waals surface area contributed by atoms with E-state index in [-0.39, 0.29) is 5.02 Å². The van der Waals surface area contributed by atoms with E-state index in [0.717, 1.165) is 11.1 Å².